The second kappa shape index (κ2) is 15.7. The van der Waals surface area contributed by atoms with Crippen LogP contribution in [0.5, 0.6) is 0 Å². The molecular weight excluding hydrogens is 534 g/mol. The van der Waals surface area contributed by atoms with Crippen molar-refractivity contribution >= 4 is 29.5 Å². The second-order valence-corrected chi connectivity index (χ2v) is 13.0. The van der Waals surface area contributed by atoms with Gasteiger partial charge < -0.3 is 26.2 Å². The van der Waals surface area contributed by atoms with Crippen LogP contribution in [0.15, 0.2) is 30.3 Å². The van der Waals surface area contributed by atoms with Crippen molar-refractivity contribution in [1.29, 1.82) is 0 Å². The highest BCUT2D eigenvalue weighted by molar-refractivity contribution is 5.98. The molecule has 0 unspecified atom stereocenters. The van der Waals surface area contributed by atoms with Crippen molar-refractivity contribution in [1.82, 2.24) is 26.2 Å². The molecule has 0 aliphatic carbocycles. The molecule has 1 saturated heterocycles. The van der Waals surface area contributed by atoms with Crippen LogP contribution in [0.2, 0.25) is 0 Å². The fourth-order valence-corrected chi connectivity index (χ4v) is 5.11. The van der Waals surface area contributed by atoms with Crippen molar-refractivity contribution in [3.8, 4) is 0 Å². The largest absolute Gasteiger partial charge is 0.343 e. The van der Waals surface area contributed by atoms with Gasteiger partial charge in [0.2, 0.25) is 29.5 Å². The quantitative estimate of drug-likeness (QED) is 0.372. The number of nitrogens with zero attached hydrogens (tertiary/aromatic N) is 1. The summed E-state index contributed by atoms with van der Waals surface area (Å²) >= 11 is 0. The van der Waals surface area contributed by atoms with Crippen LogP contribution < -0.4 is 21.3 Å². The summed E-state index contributed by atoms with van der Waals surface area (Å²) in [4.78, 5) is 69.9. The van der Waals surface area contributed by atoms with Crippen molar-refractivity contribution in [2.24, 2.45) is 23.7 Å². The molecular formula is C32H51N5O5. The zero-order valence-corrected chi connectivity index (χ0v) is 26.7. The molecule has 0 aromatic heterocycles. The smallest absolute Gasteiger partial charge is 0.245 e. The maximum atomic E-state index is 13.9. The average molecular weight is 586 g/mol. The van der Waals surface area contributed by atoms with Gasteiger partial charge in [0.25, 0.3) is 0 Å². The van der Waals surface area contributed by atoms with Gasteiger partial charge in [0.15, 0.2) is 0 Å². The van der Waals surface area contributed by atoms with Crippen LogP contribution in [0.3, 0.4) is 0 Å². The van der Waals surface area contributed by atoms with E-state index in [1.165, 1.54) is 4.90 Å². The Kier molecular flexibility index (Phi) is 13.0. The summed E-state index contributed by atoms with van der Waals surface area (Å²) in [6, 6.07) is 4.65. The van der Waals surface area contributed by atoms with Crippen molar-refractivity contribution < 1.29 is 24.0 Å². The summed E-state index contributed by atoms with van der Waals surface area (Å²) in [7, 11) is 1.56. The van der Waals surface area contributed by atoms with Crippen molar-refractivity contribution in [2.45, 2.75) is 105 Å². The van der Waals surface area contributed by atoms with E-state index < -0.39 is 59.7 Å². The Hall–Kier alpha value is -3.43. The van der Waals surface area contributed by atoms with Gasteiger partial charge in [-0.05, 0) is 42.1 Å². The first-order chi connectivity index (χ1) is 19.6. The Bertz CT molecular complexity index is 1090. The highest BCUT2D eigenvalue weighted by Gasteiger charge is 2.38. The molecule has 1 aromatic carbocycles. The van der Waals surface area contributed by atoms with Crippen molar-refractivity contribution in [2.75, 3.05) is 7.05 Å². The molecule has 42 heavy (non-hydrogen) atoms. The molecule has 234 valence electrons. The predicted octanol–water partition coefficient (Wildman–Crippen LogP) is 2.41. The third kappa shape index (κ3) is 9.84. The molecule has 1 aliphatic rings. The summed E-state index contributed by atoms with van der Waals surface area (Å²) in [6.45, 7) is 15.1. The van der Waals surface area contributed by atoms with Crippen molar-refractivity contribution in [3.63, 3.8) is 0 Å². The Balaban J connectivity index is 2.64. The van der Waals surface area contributed by atoms with Gasteiger partial charge in [0.05, 0.1) is 0 Å². The molecule has 1 aliphatic heterocycles. The Morgan fingerprint density at radius 3 is 1.64 bits per heavy atom. The van der Waals surface area contributed by atoms with Gasteiger partial charge in [-0.25, -0.2) is 0 Å². The van der Waals surface area contributed by atoms with E-state index in [4.69, 9.17) is 0 Å². The van der Waals surface area contributed by atoms with E-state index in [1.807, 2.05) is 85.7 Å². The Labute approximate surface area is 251 Å². The van der Waals surface area contributed by atoms with Crippen molar-refractivity contribution in [3.05, 3.63) is 35.9 Å². The van der Waals surface area contributed by atoms with Crippen LogP contribution in [0, 0.1) is 23.7 Å². The first-order valence-corrected chi connectivity index (χ1v) is 15.1. The van der Waals surface area contributed by atoms with E-state index in [2.05, 4.69) is 21.3 Å². The Morgan fingerprint density at radius 2 is 1.12 bits per heavy atom. The molecule has 10 nitrogen and oxygen atoms in total. The highest BCUT2D eigenvalue weighted by atomic mass is 16.2. The number of carbonyl (C=O) groups is 5. The van der Waals surface area contributed by atoms with Crippen LogP contribution in [0.4, 0.5) is 0 Å². The minimum absolute atomic E-state index is 0.0589. The van der Waals surface area contributed by atoms with Gasteiger partial charge in [-0.2, -0.15) is 0 Å². The number of likely N-dealkylation sites (N-methyl/N-ethyl adjacent to an activating group) is 1. The molecule has 1 aromatic rings. The molecule has 1 heterocycles. The van der Waals surface area contributed by atoms with Crippen LogP contribution in [-0.2, 0) is 30.4 Å². The number of carbonyl (C=O) groups excluding carboxylic acids is 5. The normalized spacial score (nSPS) is 25.2. The fourth-order valence-electron chi connectivity index (χ4n) is 5.11. The van der Waals surface area contributed by atoms with Crippen LogP contribution in [0.1, 0.15) is 73.8 Å². The molecule has 0 radical (unpaired) electrons. The molecule has 10 heteroatoms. The Morgan fingerprint density at radius 1 is 0.619 bits per heavy atom. The van der Waals surface area contributed by atoms with E-state index in [0.29, 0.717) is 12.8 Å². The number of rotatable bonds is 8. The number of hydrogen-bond acceptors (Lipinski definition) is 5. The lowest BCUT2D eigenvalue weighted by Gasteiger charge is -2.34. The summed E-state index contributed by atoms with van der Waals surface area (Å²) < 4.78 is 0. The predicted molar refractivity (Wildman–Crippen MR) is 163 cm³/mol. The number of benzene rings is 1. The topological polar surface area (TPSA) is 137 Å². The van der Waals surface area contributed by atoms with Gasteiger partial charge in [-0.3, -0.25) is 24.0 Å². The van der Waals surface area contributed by atoms with Gasteiger partial charge in [0, 0.05) is 13.5 Å². The molecule has 4 N–H and O–H groups in total. The molecule has 5 atom stereocenters. The number of hydrogen-bond donors (Lipinski definition) is 4. The standard InChI is InChI=1S/C32H51N5O5/c1-18(2)15-23-28(38)33-24(17-22-13-11-10-12-14-22)29(39)36-27(21(7)8)32(42)37(9)25(16-19(3)4)30(40)35-26(20(5)6)31(41)34-23/h10-14,18-21,23-27H,15-17H2,1-9H3,(H,33,38)(H,34,41)(H,35,40)(H,36,39)/t23-,24-,25-,26-,27-/m0/s1. The lowest BCUT2D eigenvalue weighted by molar-refractivity contribution is -0.144. The zero-order valence-electron chi connectivity index (χ0n) is 26.7. The van der Waals surface area contributed by atoms with Crippen LogP contribution >= 0.6 is 0 Å². The average Bonchev–Trinajstić information content (AvgIpc) is 2.90. The highest BCUT2D eigenvalue weighted by Crippen LogP contribution is 2.17. The summed E-state index contributed by atoms with van der Waals surface area (Å²) in [5.74, 6) is -2.82. The van der Waals surface area contributed by atoms with Gasteiger partial charge in [-0.15, -0.1) is 0 Å². The lowest BCUT2D eigenvalue weighted by Crippen LogP contribution is -2.59. The minimum atomic E-state index is -0.997. The molecule has 2 rings (SSSR count). The summed E-state index contributed by atoms with van der Waals surface area (Å²) in [6.07, 6.45) is 0.897. The maximum Gasteiger partial charge on any atom is 0.245 e. The zero-order chi connectivity index (χ0) is 31.7. The fraction of sp³-hybridized carbons (Fsp3) is 0.656. The monoisotopic (exact) mass is 585 g/mol. The maximum absolute atomic E-state index is 13.9. The van der Waals surface area contributed by atoms with E-state index in [9.17, 15) is 24.0 Å². The van der Waals surface area contributed by atoms with Gasteiger partial charge in [-0.1, -0.05) is 85.7 Å². The molecule has 5 amide bonds. The number of nitrogens with one attached hydrogen (secondary N) is 4. The third-order valence-electron chi connectivity index (χ3n) is 7.55. The molecule has 1 fully saturated rings. The lowest BCUT2D eigenvalue weighted by atomic mass is 9.96. The first-order valence-electron chi connectivity index (χ1n) is 15.1. The first kappa shape index (κ1) is 34.8. The minimum Gasteiger partial charge on any atom is -0.343 e. The molecule has 0 saturated carbocycles. The van der Waals surface area contributed by atoms with Crippen LogP contribution in [0.25, 0.3) is 0 Å². The molecule has 0 spiro atoms. The van der Waals surface area contributed by atoms with Gasteiger partial charge >= 0.3 is 0 Å². The third-order valence-corrected chi connectivity index (χ3v) is 7.55. The van der Waals surface area contributed by atoms with Gasteiger partial charge in [0.1, 0.15) is 30.2 Å². The number of amides is 5. The van der Waals surface area contributed by atoms with E-state index in [-0.39, 0.29) is 30.1 Å². The van der Waals surface area contributed by atoms with E-state index >= 15 is 0 Å². The van der Waals surface area contributed by atoms with Crippen LogP contribution in [-0.4, -0.2) is 71.7 Å². The molecule has 0 bridgehead atoms. The SMILES string of the molecule is CC(C)C[C@@H]1NC(=O)[C@H](C(C)C)NC(=O)[C@H](CC(C)C)N(C)C(=O)[C@H](C(C)C)NC(=O)[C@H](Cc2ccccc2)NC1=O. The second-order valence-electron chi connectivity index (χ2n) is 13.0. The van der Waals surface area contributed by atoms with E-state index in [1.54, 1.807) is 7.05 Å². The van der Waals surface area contributed by atoms with E-state index in [0.717, 1.165) is 5.56 Å². The summed E-state index contributed by atoms with van der Waals surface area (Å²) in [5, 5.41) is 11.4. The summed E-state index contributed by atoms with van der Waals surface area (Å²) in [5.41, 5.74) is 0.830.